The maximum absolute atomic E-state index is 13.2. The molecule has 0 saturated carbocycles. The van der Waals surface area contributed by atoms with E-state index in [-0.39, 0.29) is 5.91 Å². The van der Waals surface area contributed by atoms with E-state index in [1.807, 2.05) is 28.9 Å². The molecule has 0 fully saturated rings. The number of hydrogen-bond donors (Lipinski definition) is 3. The maximum atomic E-state index is 13.2. The maximum Gasteiger partial charge on any atom is 0.272 e. The quantitative estimate of drug-likeness (QED) is 0.325. The van der Waals surface area contributed by atoms with Crippen molar-refractivity contribution in [3.05, 3.63) is 69.7 Å². The fourth-order valence-corrected chi connectivity index (χ4v) is 5.50. The lowest BCUT2D eigenvalue weighted by molar-refractivity contribution is 0.0731. The third-order valence-corrected chi connectivity index (χ3v) is 7.62. The lowest BCUT2D eigenvalue weighted by Crippen LogP contribution is -2.35. The second kappa shape index (κ2) is 9.29. The van der Waals surface area contributed by atoms with Crippen LogP contribution in [0.25, 0.3) is 33.5 Å². The standard InChI is InChI=1S/C26H26N8OS/c1-3-27-9-17-10-28-11-19(15(17)2)16-4-5-20-18(8-16)24(33-32-20)25-29-12-22(31-25)26(35)34-7-6-21-23(13-34)36-14-30-21/h4-5,8,10-12,14,27H,3,6-7,9,13H2,1-2H3,(H,29,31)(H,32,33). The van der Waals surface area contributed by atoms with Crippen molar-refractivity contribution < 1.29 is 4.79 Å². The molecule has 0 radical (unpaired) electrons. The van der Waals surface area contributed by atoms with Gasteiger partial charge in [0.05, 0.1) is 29.5 Å². The van der Waals surface area contributed by atoms with E-state index in [1.54, 1.807) is 17.5 Å². The van der Waals surface area contributed by atoms with E-state index >= 15 is 0 Å². The van der Waals surface area contributed by atoms with Gasteiger partial charge < -0.3 is 15.2 Å². The highest BCUT2D eigenvalue weighted by Gasteiger charge is 2.25. The summed E-state index contributed by atoms with van der Waals surface area (Å²) in [6.45, 7) is 7.15. The summed E-state index contributed by atoms with van der Waals surface area (Å²) < 4.78 is 0. The van der Waals surface area contributed by atoms with Gasteiger partial charge in [-0.25, -0.2) is 9.97 Å². The second-order valence-corrected chi connectivity index (χ2v) is 9.87. The third kappa shape index (κ3) is 3.98. The molecule has 0 saturated heterocycles. The van der Waals surface area contributed by atoms with Crippen LogP contribution in [-0.4, -0.2) is 54.0 Å². The van der Waals surface area contributed by atoms with Gasteiger partial charge in [-0.2, -0.15) is 5.10 Å². The molecule has 1 aliphatic heterocycles. The SMILES string of the molecule is CCNCc1cncc(-c2ccc3[nH]nc(-c4ncc(C(=O)N5CCc6ncsc6C5)[nH]4)c3c2)c1C. The fraction of sp³-hybridized carbons (Fsp3) is 0.269. The first-order chi connectivity index (χ1) is 17.6. The molecular weight excluding hydrogens is 472 g/mol. The Kier molecular flexibility index (Phi) is 5.82. The van der Waals surface area contributed by atoms with Gasteiger partial charge in [0.15, 0.2) is 5.82 Å². The summed E-state index contributed by atoms with van der Waals surface area (Å²) in [7, 11) is 0. The van der Waals surface area contributed by atoms with E-state index in [2.05, 4.69) is 61.4 Å². The van der Waals surface area contributed by atoms with Crippen molar-refractivity contribution in [3.63, 3.8) is 0 Å². The Bertz CT molecular complexity index is 1570. The molecule has 1 aliphatic rings. The highest BCUT2D eigenvalue weighted by atomic mass is 32.1. The number of aromatic nitrogens is 6. The molecule has 0 spiro atoms. The van der Waals surface area contributed by atoms with E-state index in [0.29, 0.717) is 30.3 Å². The summed E-state index contributed by atoms with van der Waals surface area (Å²) >= 11 is 1.60. The first-order valence-electron chi connectivity index (χ1n) is 12.0. The first kappa shape index (κ1) is 22.6. The number of rotatable bonds is 6. The van der Waals surface area contributed by atoms with Crippen LogP contribution in [0.15, 0.2) is 42.3 Å². The highest BCUT2D eigenvalue weighted by molar-refractivity contribution is 7.09. The minimum Gasteiger partial charge on any atom is -0.333 e. The van der Waals surface area contributed by atoms with Crippen molar-refractivity contribution in [2.75, 3.05) is 13.1 Å². The smallest absolute Gasteiger partial charge is 0.272 e. The molecule has 0 unspecified atom stereocenters. The Morgan fingerprint density at radius 1 is 1.22 bits per heavy atom. The Morgan fingerprint density at radius 3 is 3.03 bits per heavy atom. The number of thiazole rings is 1. The number of carbonyl (C=O) groups excluding carboxylic acids is 1. The minimum atomic E-state index is -0.0625. The van der Waals surface area contributed by atoms with Crippen LogP contribution < -0.4 is 5.32 Å². The topological polar surface area (TPSA) is 115 Å². The summed E-state index contributed by atoms with van der Waals surface area (Å²) in [5.74, 6) is 0.500. The van der Waals surface area contributed by atoms with Crippen molar-refractivity contribution in [1.82, 2.24) is 40.3 Å². The molecular formula is C26H26N8OS. The highest BCUT2D eigenvalue weighted by Crippen LogP contribution is 2.31. The molecule has 6 rings (SSSR count). The van der Waals surface area contributed by atoms with Gasteiger partial charge in [0.2, 0.25) is 0 Å². The van der Waals surface area contributed by atoms with Crippen LogP contribution in [0.5, 0.6) is 0 Å². The molecule has 10 heteroatoms. The Labute approximate surface area is 212 Å². The normalized spacial score (nSPS) is 13.3. The molecule has 0 aliphatic carbocycles. The summed E-state index contributed by atoms with van der Waals surface area (Å²) in [5, 5.41) is 11.9. The fourth-order valence-electron chi connectivity index (χ4n) is 4.67. The van der Waals surface area contributed by atoms with Crippen molar-refractivity contribution in [3.8, 4) is 22.6 Å². The van der Waals surface area contributed by atoms with Crippen LogP contribution in [-0.2, 0) is 19.5 Å². The predicted octanol–water partition coefficient (Wildman–Crippen LogP) is 4.09. The molecule has 36 heavy (non-hydrogen) atoms. The number of carbonyl (C=O) groups is 1. The Morgan fingerprint density at radius 2 is 2.14 bits per heavy atom. The zero-order valence-corrected chi connectivity index (χ0v) is 20.9. The molecule has 9 nitrogen and oxygen atoms in total. The average molecular weight is 499 g/mol. The first-order valence-corrected chi connectivity index (χ1v) is 12.9. The number of pyridine rings is 1. The zero-order chi connectivity index (χ0) is 24.6. The van der Waals surface area contributed by atoms with Gasteiger partial charge in [-0.15, -0.1) is 11.3 Å². The van der Waals surface area contributed by atoms with Crippen molar-refractivity contribution in [2.45, 2.75) is 33.4 Å². The van der Waals surface area contributed by atoms with Gasteiger partial charge in [-0.05, 0) is 42.3 Å². The minimum absolute atomic E-state index is 0.0625. The van der Waals surface area contributed by atoms with Gasteiger partial charge in [0, 0.05) is 47.7 Å². The van der Waals surface area contributed by atoms with E-state index in [1.165, 1.54) is 11.1 Å². The van der Waals surface area contributed by atoms with Crippen LogP contribution in [0.1, 0.15) is 39.1 Å². The number of H-pyrrole nitrogens is 2. The van der Waals surface area contributed by atoms with E-state index in [9.17, 15) is 4.79 Å². The van der Waals surface area contributed by atoms with E-state index in [0.717, 1.165) is 52.1 Å². The third-order valence-electron chi connectivity index (χ3n) is 6.76. The molecule has 4 aromatic heterocycles. The summed E-state index contributed by atoms with van der Waals surface area (Å²) in [6, 6.07) is 6.20. The number of benzene rings is 1. The summed E-state index contributed by atoms with van der Waals surface area (Å²) in [6.07, 6.45) is 6.20. The zero-order valence-electron chi connectivity index (χ0n) is 20.1. The van der Waals surface area contributed by atoms with Gasteiger partial charge >= 0.3 is 0 Å². The monoisotopic (exact) mass is 498 g/mol. The summed E-state index contributed by atoms with van der Waals surface area (Å²) in [5.41, 5.74) is 9.52. The average Bonchev–Trinajstić information content (AvgIpc) is 3.66. The Hall–Kier alpha value is -3.89. The van der Waals surface area contributed by atoms with Crippen LogP contribution >= 0.6 is 11.3 Å². The molecule has 0 bridgehead atoms. The van der Waals surface area contributed by atoms with Crippen molar-refractivity contribution >= 4 is 28.1 Å². The molecule has 0 atom stereocenters. The number of amides is 1. The van der Waals surface area contributed by atoms with E-state index in [4.69, 9.17) is 0 Å². The lowest BCUT2D eigenvalue weighted by Gasteiger charge is -2.25. The predicted molar refractivity (Wildman–Crippen MR) is 140 cm³/mol. The Balaban J connectivity index is 1.30. The van der Waals surface area contributed by atoms with Gasteiger partial charge in [0.25, 0.3) is 5.91 Å². The summed E-state index contributed by atoms with van der Waals surface area (Å²) in [4.78, 5) is 32.7. The number of aromatic amines is 2. The second-order valence-electron chi connectivity index (χ2n) is 8.93. The van der Waals surface area contributed by atoms with E-state index < -0.39 is 0 Å². The van der Waals surface area contributed by atoms with Crippen LogP contribution in [0.2, 0.25) is 0 Å². The van der Waals surface area contributed by atoms with Gasteiger partial charge in [-0.1, -0.05) is 13.0 Å². The van der Waals surface area contributed by atoms with Gasteiger partial charge in [0.1, 0.15) is 11.4 Å². The van der Waals surface area contributed by atoms with Gasteiger partial charge in [-0.3, -0.25) is 14.9 Å². The molecule has 1 aromatic carbocycles. The molecule has 5 heterocycles. The molecule has 1 amide bonds. The number of nitrogens with one attached hydrogen (secondary N) is 3. The molecule has 5 aromatic rings. The van der Waals surface area contributed by atoms with Crippen LogP contribution in [0, 0.1) is 6.92 Å². The van der Waals surface area contributed by atoms with Crippen LogP contribution in [0.4, 0.5) is 0 Å². The van der Waals surface area contributed by atoms with Crippen LogP contribution in [0.3, 0.4) is 0 Å². The largest absolute Gasteiger partial charge is 0.333 e. The molecule has 3 N–H and O–H groups in total. The molecule has 182 valence electrons. The number of fused-ring (bicyclic) bond motifs is 2. The van der Waals surface area contributed by atoms with Crippen molar-refractivity contribution in [1.29, 1.82) is 0 Å². The number of imidazole rings is 1. The lowest BCUT2D eigenvalue weighted by atomic mass is 9.98. The van der Waals surface area contributed by atoms with Crippen molar-refractivity contribution in [2.24, 2.45) is 0 Å². The number of nitrogens with zero attached hydrogens (tertiary/aromatic N) is 5. The number of hydrogen-bond acceptors (Lipinski definition) is 7.